The van der Waals surface area contributed by atoms with Crippen LogP contribution in [0.1, 0.15) is 16.2 Å². The van der Waals surface area contributed by atoms with Gasteiger partial charge in [0, 0.05) is 6.20 Å². The van der Waals surface area contributed by atoms with Crippen LogP contribution in [0.2, 0.25) is 0 Å². The van der Waals surface area contributed by atoms with Crippen LogP contribution in [0.5, 0.6) is 0 Å². The summed E-state index contributed by atoms with van der Waals surface area (Å²) in [6.07, 6.45) is 2.92. The molecule has 1 N–H and O–H groups in total. The van der Waals surface area contributed by atoms with Gasteiger partial charge in [-0.2, -0.15) is 5.10 Å². The lowest BCUT2D eigenvalue weighted by Gasteiger charge is -1.94. The summed E-state index contributed by atoms with van der Waals surface area (Å²) in [4.78, 5) is 25.1. The van der Waals surface area contributed by atoms with Gasteiger partial charge in [0.25, 0.3) is 0 Å². The van der Waals surface area contributed by atoms with Crippen LogP contribution >= 0.6 is 0 Å². The second-order valence-corrected chi connectivity index (χ2v) is 3.35. The Balaban J connectivity index is 1.97. The van der Waals surface area contributed by atoms with Crippen molar-refractivity contribution in [1.82, 2.24) is 10.4 Å². The molecule has 0 unspecified atom stereocenters. The summed E-state index contributed by atoms with van der Waals surface area (Å²) in [6.45, 7) is 0. The molecule has 0 saturated carbocycles. The van der Waals surface area contributed by atoms with Crippen molar-refractivity contribution in [1.29, 1.82) is 0 Å². The molecule has 0 aromatic carbocycles. The summed E-state index contributed by atoms with van der Waals surface area (Å²) in [6, 6.07) is 7.51. The van der Waals surface area contributed by atoms with Gasteiger partial charge in [0.15, 0.2) is 0 Å². The highest BCUT2D eigenvalue weighted by molar-refractivity contribution is 5.92. The Hall–Kier alpha value is -3.03. The highest BCUT2D eigenvalue weighted by atomic mass is 16.6. The number of hydrogen-bond acceptors (Lipinski definition) is 6. The van der Waals surface area contributed by atoms with Crippen molar-refractivity contribution in [2.45, 2.75) is 0 Å². The number of hydrogen-bond donors (Lipinski definition) is 1. The third-order valence-corrected chi connectivity index (χ3v) is 2.05. The van der Waals surface area contributed by atoms with Gasteiger partial charge >= 0.3 is 11.8 Å². The van der Waals surface area contributed by atoms with Crippen LogP contribution in [0.25, 0.3) is 0 Å². The molecule has 0 saturated heterocycles. The molecule has 2 rings (SSSR count). The fourth-order valence-corrected chi connectivity index (χ4v) is 1.21. The van der Waals surface area contributed by atoms with Crippen molar-refractivity contribution >= 4 is 18.0 Å². The largest absolute Gasteiger partial charge is 0.433 e. The molecule has 0 fully saturated rings. The van der Waals surface area contributed by atoms with E-state index < -0.39 is 16.7 Å². The maximum atomic E-state index is 11.5. The van der Waals surface area contributed by atoms with E-state index in [1.165, 1.54) is 12.3 Å². The molecule has 2 aromatic heterocycles. The first kappa shape index (κ1) is 12.4. The molecule has 96 valence electrons. The molecule has 1 amide bonds. The molecule has 0 bridgehead atoms. The minimum absolute atomic E-state index is 0.190. The van der Waals surface area contributed by atoms with Crippen LogP contribution in [0.4, 0.5) is 5.88 Å². The molecule has 2 heterocycles. The first-order valence-corrected chi connectivity index (χ1v) is 5.15. The summed E-state index contributed by atoms with van der Waals surface area (Å²) in [5, 5.41) is 14.0. The Labute approximate surface area is 106 Å². The van der Waals surface area contributed by atoms with Gasteiger partial charge in [0.05, 0.1) is 18.0 Å². The van der Waals surface area contributed by atoms with Crippen LogP contribution in [-0.4, -0.2) is 22.0 Å². The molecule has 8 nitrogen and oxygen atoms in total. The Bertz CT molecular complexity index is 621. The number of aromatic nitrogens is 1. The fraction of sp³-hybridized carbons (Fsp3) is 0. The quantitative estimate of drug-likeness (QED) is 0.506. The molecule has 0 aliphatic rings. The number of carbonyl (C=O) groups is 1. The van der Waals surface area contributed by atoms with E-state index in [-0.39, 0.29) is 5.76 Å². The van der Waals surface area contributed by atoms with Gasteiger partial charge in [-0.3, -0.25) is 19.9 Å². The average Bonchev–Trinajstić information content (AvgIpc) is 2.89. The van der Waals surface area contributed by atoms with Crippen molar-refractivity contribution in [2.24, 2.45) is 5.10 Å². The number of hydrazone groups is 1. The van der Waals surface area contributed by atoms with Crippen LogP contribution in [-0.2, 0) is 0 Å². The van der Waals surface area contributed by atoms with E-state index in [0.717, 1.165) is 6.07 Å². The van der Waals surface area contributed by atoms with Crippen LogP contribution in [0.3, 0.4) is 0 Å². The Morgan fingerprint density at radius 2 is 2.26 bits per heavy atom. The van der Waals surface area contributed by atoms with E-state index in [1.807, 2.05) is 0 Å². The van der Waals surface area contributed by atoms with E-state index in [4.69, 9.17) is 4.42 Å². The van der Waals surface area contributed by atoms with Crippen molar-refractivity contribution in [3.63, 3.8) is 0 Å². The van der Waals surface area contributed by atoms with E-state index >= 15 is 0 Å². The smallest absolute Gasteiger partial charge is 0.395 e. The van der Waals surface area contributed by atoms with Crippen molar-refractivity contribution in [2.75, 3.05) is 0 Å². The molecular formula is C11H8N4O4. The zero-order valence-corrected chi connectivity index (χ0v) is 9.52. The summed E-state index contributed by atoms with van der Waals surface area (Å²) >= 11 is 0. The lowest BCUT2D eigenvalue weighted by molar-refractivity contribution is -0.402. The predicted octanol–water partition coefficient (Wildman–Crippen LogP) is 1.35. The summed E-state index contributed by atoms with van der Waals surface area (Å²) in [5.41, 5.74) is 2.74. The SMILES string of the molecule is O=C(N/N=C/c1ccccn1)c1ccc([N+](=O)[O-])o1. The number of amides is 1. The summed E-state index contributed by atoms with van der Waals surface area (Å²) in [5.74, 6) is -1.37. The van der Waals surface area contributed by atoms with Gasteiger partial charge in [0.1, 0.15) is 4.92 Å². The first-order chi connectivity index (χ1) is 9.16. The highest BCUT2D eigenvalue weighted by Gasteiger charge is 2.16. The standard InChI is InChI=1S/C11H8N4O4/c16-11(9-4-5-10(19-9)15(17)18)14-13-7-8-3-1-2-6-12-8/h1-7H,(H,14,16)/b13-7+. The van der Waals surface area contributed by atoms with Gasteiger partial charge in [-0.1, -0.05) is 6.07 Å². The van der Waals surface area contributed by atoms with E-state index in [2.05, 4.69) is 15.5 Å². The third-order valence-electron chi connectivity index (χ3n) is 2.05. The molecule has 0 spiro atoms. The Morgan fingerprint density at radius 3 is 2.89 bits per heavy atom. The normalized spacial score (nSPS) is 10.5. The number of rotatable bonds is 4. The second kappa shape index (κ2) is 5.54. The molecule has 8 heteroatoms. The summed E-state index contributed by atoms with van der Waals surface area (Å²) < 4.78 is 4.71. The van der Waals surface area contributed by atoms with Gasteiger partial charge in [-0.05, 0) is 18.2 Å². The Kier molecular flexibility index (Phi) is 3.62. The second-order valence-electron chi connectivity index (χ2n) is 3.35. The van der Waals surface area contributed by atoms with Gasteiger partial charge in [0.2, 0.25) is 5.76 Å². The Morgan fingerprint density at radius 1 is 1.42 bits per heavy atom. The zero-order valence-electron chi connectivity index (χ0n) is 9.52. The molecular weight excluding hydrogens is 252 g/mol. The van der Waals surface area contributed by atoms with Crippen LogP contribution in [0.15, 0.2) is 46.0 Å². The van der Waals surface area contributed by atoms with Crippen LogP contribution in [0, 0.1) is 10.1 Å². The number of nitro groups is 1. The molecule has 0 aliphatic carbocycles. The minimum atomic E-state index is -0.728. The van der Waals surface area contributed by atoms with Crippen LogP contribution < -0.4 is 5.43 Å². The zero-order chi connectivity index (χ0) is 13.7. The van der Waals surface area contributed by atoms with Crippen molar-refractivity contribution in [3.05, 3.63) is 58.1 Å². The highest BCUT2D eigenvalue weighted by Crippen LogP contribution is 2.15. The predicted molar refractivity (Wildman–Crippen MR) is 64.7 cm³/mol. The van der Waals surface area contributed by atoms with Gasteiger partial charge in [-0.15, -0.1) is 0 Å². The maximum absolute atomic E-state index is 11.5. The van der Waals surface area contributed by atoms with Gasteiger partial charge < -0.3 is 4.42 Å². The van der Waals surface area contributed by atoms with E-state index in [0.29, 0.717) is 5.69 Å². The monoisotopic (exact) mass is 260 g/mol. The first-order valence-electron chi connectivity index (χ1n) is 5.15. The average molecular weight is 260 g/mol. The summed E-state index contributed by atoms with van der Waals surface area (Å²) in [7, 11) is 0. The molecule has 0 aliphatic heterocycles. The fourth-order valence-electron chi connectivity index (χ4n) is 1.21. The number of carbonyl (C=O) groups excluding carboxylic acids is 1. The van der Waals surface area contributed by atoms with E-state index in [1.54, 1.807) is 24.4 Å². The third kappa shape index (κ3) is 3.22. The minimum Gasteiger partial charge on any atom is -0.395 e. The number of nitrogens with one attached hydrogen (secondary N) is 1. The number of furan rings is 1. The number of nitrogens with zero attached hydrogens (tertiary/aromatic N) is 3. The molecule has 19 heavy (non-hydrogen) atoms. The lowest BCUT2D eigenvalue weighted by atomic mass is 10.4. The lowest BCUT2D eigenvalue weighted by Crippen LogP contribution is -2.16. The topological polar surface area (TPSA) is 111 Å². The van der Waals surface area contributed by atoms with Gasteiger partial charge in [-0.25, -0.2) is 5.43 Å². The molecule has 0 atom stereocenters. The van der Waals surface area contributed by atoms with Crippen molar-refractivity contribution < 1.29 is 14.1 Å². The molecule has 2 aromatic rings. The van der Waals surface area contributed by atoms with E-state index in [9.17, 15) is 14.9 Å². The number of pyridine rings is 1. The maximum Gasteiger partial charge on any atom is 0.433 e. The van der Waals surface area contributed by atoms with Crippen molar-refractivity contribution in [3.8, 4) is 0 Å². The molecule has 0 radical (unpaired) electrons.